The van der Waals surface area contributed by atoms with Gasteiger partial charge in [0.1, 0.15) is 0 Å². The number of likely N-dealkylation sites (N-methyl/N-ethyl adjacent to an activating group) is 1. The van der Waals surface area contributed by atoms with Crippen molar-refractivity contribution < 1.29 is 0 Å². The first-order valence-electron chi connectivity index (χ1n) is 6.20. The molecule has 0 saturated heterocycles. The molecule has 2 N–H and O–H groups in total. The fraction of sp³-hybridized carbons (Fsp3) is 0.571. The summed E-state index contributed by atoms with van der Waals surface area (Å²) in [4.78, 5) is 2.32. The van der Waals surface area contributed by atoms with Gasteiger partial charge in [0, 0.05) is 23.1 Å². The van der Waals surface area contributed by atoms with Crippen LogP contribution in [0.4, 0.5) is 0 Å². The van der Waals surface area contributed by atoms with Crippen molar-refractivity contribution in [1.29, 1.82) is 0 Å². The third-order valence-electron chi connectivity index (χ3n) is 3.52. The van der Waals surface area contributed by atoms with Crippen LogP contribution in [-0.4, -0.2) is 24.0 Å². The van der Waals surface area contributed by atoms with E-state index in [0.29, 0.717) is 0 Å². The van der Waals surface area contributed by atoms with Crippen molar-refractivity contribution in [3.05, 3.63) is 34.3 Å². The fourth-order valence-corrected chi connectivity index (χ4v) is 2.84. The van der Waals surface area contributed by atoms with E-state index in [4.69, 9.17) is 5.73 Å². The van der Waals surface area contributed by atoms with Crippen molar-refractivity contribution in [3.8, 4) is 0 Å². The second-order valence-electron chi connectivity index (χ2n) is 5.54. The summed E-state index contributed by atoms with van der Waals surface area (Å²) in [6, 6.07) is 8.37. The van der Waals surface area contributed by atoms with Crippen LogP contribution in [0.25, 0.3) is 0 Å². The molecule has 1 unspecified atom stereocenters. The predicted molar refractivity (Wildman–Crippen MR) is 75.8 cm³/mol. The smallest absolute Gasteiger partial charge is 0.0283 e. The molecule has 0 amide bonds. The average molecular weight is 297 g/mol. The molecule has 2 rings (SSSR count). The fourth-order valence-electron chi connectivity index (χ4n) is 2.43. The molecular formula is C14H21BrN2. The van der Waals surface area contributed by atoms with Gasteiger partial charge >= 0.3 is 0 Å². The van der Waals surface area contributed by atoms with E-state index >= 15 is 0 Å². The molecule has 1 aliphatic rings. The third kappa shape index (κ3) is 3.54. The van der Waals surface area contributed by atoms with Crippen LogP contribution in [0.2, 0.25) is 0 Å². The SMILES string of the molecule is CN(Cc1ccccc1Br)CC(C)(N)C1CC1. The molecule has 2 nitrogen and oxygen atoms in total. The minimum Gasteiger partial charge on any atom is -0.324 e. The Labute approximate surface area is 112 Å². The van der Waals surface area contributed by atoms with Crippen LogP contribution in [0.1, 0.15) is 25.3 Å². The maximum atomic E-state index is 6.36. The van der Waals surface area contributed by atoms with Crippen LogP contribution < -0.4 is 5.73 Å². The number of nitrogens with two attached hydrogens (primary N) is 1. The average Bonchev–Trinajstić information content (AvgIpc) is 3.04. The number of hydrogen-bond donors (Lipinski definition) is 1. The first kappa shape index (κ1) is 13.1. The van der Waals surface area contributed by atoms with Crippen molar-refractivity contribution in [2.75, 3.05) is 13.6 Å². The first-order chi connectivity index (χ1) is 7.99. The summed E-state index contributed by atoms with van der Waals surface area (Å²) in [7, 11) is 2.15. The van der Waals surface area contributed by atoms with Crippen molar-refractivity contribution in [2.45, 2.75) is 31.8 Å². The number of benzene rings is 1. The molecule has 17 heavy (non-hydrogen) atoms. The lowest BCUT2D eigenvalue weighted by Gasteiger charge is -2.30. The Kier molecular flexibility index (Phi) is 3.91. The molecule has 94 valence electrons. The summed E-state index contributed by atoms with van der Waals surface area (Å²) >= 11 is 3.59. The monoisotopic (exact) mass is 296 g/mol. The molecule has 0 spiro atoms. The lowest BCUT2D eigenvalue weighted by atomic mass is 9.96. The Bertz CT molecular complexity index is 386. The number of hydrogen-bond acceptors (Lipinski definition) is 2. The van der Waals surface area contributed by atoms with Gasteiger partial charge in [-0.05, 0) is 44.4 Å². The summed E-state index contributed by atoms with van der Waals surface area (Å²) in [6.07, 6.45) is 2.60. The summed E-state index contributed by atoms with van der Waals surface area (Å²) < 4.78 is 1.18. The number of rotatable bonds is 5. The van der Waals surface area contributed by atoms with Crippen LogP contribution in [0.5, 0.6) is 0 Å². The Hall–Kier alpha value is -0.380. The summed E-state index contributed by atoms with van der Waals surface area (Å²) in [5, 5.41) is 0. The van der Waals surface area contributed by atoms with Crippen LogP contribution in [0.15, 0.2) is 28.7 Å². The Morgan fingerprint density at radius 1 is 1.41 bits per heavy atom. The van der Waals surface area contributed by atoms with E-state index in [1.807, 2.05) is 6.07 Å². The highest BCUT2D eigenvalue weighted by Crippen LogP contribution is 2.38. The molecule has 1 atom stereocenters. The minimum atomic E-state index is -0.0317. The quantitative estimate of drug-likeness (QED) is 0.905. The molecule has 3 heteroatoms. The second kappa shape index (κ2) is 5.09. The summed E-state index contributed by atoms with van der Waals surface area (Å²) in [5.74, 6) is 0.726. The molecule has 1 aromatic rings. The number of halogens is 1. The zero-order chi connectivity index (χ0) is 12.5. The van der Waals surface area contributed by atoms with Gasteiger partial charge in [-0.1, -0.05) is 34.1 Å². The van der Waals surface area contributed by atoms with E-state index in [0.717, 1.165) is 19.0 Å². The molecule has 0 bridgehead atoms. The predicted octanol–water partition coefficient (Wildman–Crippen LogP) is 3.01. The van der Waals surface area contributed by atoms with Crippen molar-refractivity contribution >= 4 is 15.9 Å². The van der Waals surface area contributed by atoms with Gasteiger partial charge in [-0.15, -0.1) is 0 Å². The summed E-state index contributed by atoms with van der Waals surface area (Å²) in [6.45, 7) is 4.08. The molecule has 1 aromatic carbocycles. The maximum Gasteiger partial charge on any atom is 0.0283 e. The van der Waals surface area contributed by atoms with Gasteiger partial charge in [0.15, 0.2) is 0 Å². The number of nitrogens with zero attached hydrogens (tertiary/aromatic N) is 1. The van der Waals surface area contributed by atoms with E-state index in [-0.39, 0.29) is 5.54 Å². The van der Waals surface area contributed by atoms with Crippen LogP contribution >= 0.6 is 15.9 Å². The highest BCUT2D eigenvalue weighted by atomic mass is 79.9. The maximum absolute atomic E-state index is 6.36. The van der Waals surface area contributed by atoms with Crippen molar-refractivity contribution in [1.82, 2.24) is 4.90 Å². The van der Waals surface area contributed by atoms with E-state index in [1.165, 1.54) is 22.9 Å². The molecule has 1 aliphatic carbocycles. The lowest BCUT2D eigenvalue weighted by molar-refractivity contribution is 0.232. The highest BCUT2D eigenvalue weighted by molar-refractivity contribution is 9.10. The van der Waals surface area contributed by atoms with Crippen molar-refractivity contribution in [3.63, 3.8) is 0 Å². The van der Waals surface area contributed by atoms with E-state index in [9.17, 15) is 0 Å². The van der Waals surface area contributed by atoms with Gasteiger partial charge in [-0.3, -0.25) is 0 Å². The molecule has 1 saturated carbocycles. The molecule has 0 radical (unpaired) electrons. The largest absolute Gasteiger partial charge is 0.324 e. The van der Waals surface area contributed by atoms with Gasteiger partial charge in [0.2, 0.25) is 0 Å². The zero-order valence-corrected chi connectivity index (χ0v) is 12.2. The van der Waals surface area contributed by atoms with Gasteiger partial charge in [-0.25, -0.2) is 0 Å². The Morgan fingerprint density at radius 3 is 2.65 bits per heavy atom. The Morgan fingerprint density at radius 2 is 2.06 bits per heavy atom. The standard InChI is InChI=1S/C14H21BrN2/c1-14(16,12-7-8-12)10-17(2)9-11-5-3-4-6-13(11)15/h3-6,12H,7-10,16H2,1-2H3. The zero-order valence-electron chi connectivity index (χ0n) is 10.6. The molecule has 1 fully saturated rings. The third-order valence-corrected chi connectivity index (χ3v) is 4.29. The topological polar surface area (TPSA) is 29.3 Å². The van der Waals surface area contributed by atoms with E-state index in [1.54, 1.807) is 0 Å². The molecule has 0 heterocycles. The molecule has 0 aliphatic heterocycles. The summed E-state index contributed by atoms with van der Waals surface area (Å²) in [5.41, 5.74) is 7.65. The van der Waals surface area contributed by atoms with Gasteiger partial charge in [-0.2, -0.15) is 0 Å². The second-order valence-corrected chi connectivity index (χ2v) is 6.40. The highest BCUT2D eigenvalue weighted by Gasteiger charge is 2.38. The Balaban J connectivity index is 1.93. The van der Waals surface area contributed by atoms with Gasteiger partial charge in [0.25, 0.3) is 0 Å². The van der Waals surface area contributed by atoms with E-state index < -0.39 is 0 Å². The first-order valence-corrected chi connectivity index (χ1v) is 6.99. The van der Waals surface area contributed by atoms with E-state index in [2.05, 4.69) is 53.0 Å². The van der Waals surface area contributed by atoms with Crippen LogP contribution in [0.3, 0.4) is 0 Å². The molecular weight excluding hydrogens is 276 g/mol. The van der Waals surface area contributed by atoms with Crippen LogP contribution in [0, 0.1) is 5.92 Å². The van der Waals surface area contributed by atoms with Crippen LogP contribution in [-0.2, 0) is 6.54 Å². The molecule has 0 aromatic heterocycles. The van der Waals surface area contributed by atoms with Gasteiger partial charge < -0.3 is 10.6 Å². The van der Waals surface area contributed by atoms with Gasteiger partial charge in [0.05, 0.1) is 0 Å². The normalized spacial score (nSPS) is 19.4. The lowest BCUT2D eigenvalue weighted by Crippen LogP contribution is -2.48. The van der Waals surface area contributed by atoms with Crippen molar-refractivity contribution in [2.24, 2.45) is 11.7 Å². The minimum absolute atomic E-state index is 0.0317.